The molecule has 0 bridgehead atoms. The number of fused-ring (bicyclic) bond motifs is 1. The second kappa shape index (κ2) is 9.19. The molecule has 7 heteroatoms. The van der Waals surface area contributed by atoms with E-state index in [0.717, 1.165) is 5.57 Å². The molecular formula is C18H26O7. The number of ether oxygens (including phenoxy) is 1. The lowest BCUT2D eigenvalue weighted by Gasteiger charge is -2.22. The number of benzene rings is 1. The molecule has 2 atom stereocenters. The van der Waals surface area contributed by atoms with Gasteiger partial charge in [-0.2, -0.15) is 0 Å². The van der Waals surface area contributed by atoms with E-state index in [1.807, 2.05) is 19.9 Å². The molecule has 2 rings (SSSR count). The Bertz CT molecular complexity index is 645. The standard InChI is InChI=1S/C14H18O4.C4H8O3/c1-3-8(2)14-11(16)5-4-10-12(17)6-9(15)7-13(10)18-14;1-3(6)4(7)2-5/h3,6-7,11,14-17H,4-5H2,1-2H3;5-7H,2H2,1H3/b8-3+;4-3-/t11-,14-;/m1./s1. The van der Waals surface area contributed by atoms with Gasteiger partial charge in [0.15, 0.2) is 5.76 Å². The number of aliphatic hydroxyl groups excluding tert-OH is 4. The lowest BCUT2D eigenvalue weighted by Crippen LogP contribution is -2.31. The van der Waals surface area contributed by atoms with Crippen molar-refractivity contribution in [2.24, 2.45) is 0 Å². The summed E-state index contributed by atoms with van der Waals surface area (Å²) in [5, 5.41) is 54.0. The Labute approximate surface area is 146 Å². The summed E-state index contributed by atoms with van der Waals surface area (Å²) in [4.78, 5) is 0. The average molecular weight is 354 g/mol. The maximum absolute atomic E-state index is 10.1. The highest BCUT2D eigenvalue weighted by atomic mass is 16.5. The summed E-state index contributed by atoms with van der Waals surface area (Å²) in [7, 11) is 0. The van der Waals surface area contributed by atoms with Gasteiger partial charge in [-0.1, -0.05) is 6.08 Å². The summed E-state index contributed by atoms with van der Waals surface area (Å²) in [6.45, 7) is 4.58. The third kappa shape index (κ3) is 5.58. The molecular weight excluding hydrogens is 328 g/mol. The molecule has 6 N–H and O–H groups in total. The highest BCUT2D eigenvalue weighted by Crippen LogP contribution is 2.37. The highest BCUT2D eigenvalue weighted by Gasteiger charge is 2.28. The van der Waals surface area contributed by atoms with Gasteiger partial charge >= 0.3 is 0 Å². The zero-order chi connectivity index (χ0) is 19.1. The van der Waals surface area contributed by atoms with E-state index < -0.39 is 18.8 Å². The summed E-state index contributed by atoms with van der Waals surface area (Å²) in [5.41, 5.74) is 1.57. The van der Waals surface area contributed by atoms with Crippen LogP contribution in [0.25, 0.3) is 0 Å². The van der Waals surface area contributed by atoms with Crippen LogP contribution in [0.1, 0.15) is 32.8 Å². The molecule has 140 valence electrons. The number of hydrogen-bond donors (Lipinski definition) is 6. The van der Waals surface area contributed by atoms with E-state index in [1.54, 1.807) is 0 Å². The molecule has 0 aliphatic carbocycles. The first-order valence-electron chi connectivity index (χ1n) is 7.92. The molecule has 1 aromatic carbocycles. The van der Waals surface area contributed by atoms with Crippen LogP contribution in [0.15, 0.2) is 35.3 Å². The van der Waals surface area contributed by atoms with E-state index in [9.17, 15) is 15.3 Å². The highest BCUT2D eigenvalue weighted by molar-refractivity contribution is 5.50. The molecule has 0 unspecified atom stereocenters. The SMILES string of the molecule is C/C(O)=C(/O)CO.C/C=C(\C)[C@H]1Oc2cc(O)cc(O)c2CC[C@H]1O. The Balaban J connectivity index is 0.000000381. The molecule has 0 spiro atoms. The molecule has 0 saturated heterocycles. The number of rotatable bonds is 2. The van der Waals surface area contributed by atoms with E-state index in [4.69, 9.17) is 20.1 Å². The molecule has 0 aromatic heterocycles. The van der Waals surface area contributed by atoms with Gasteiger partial charge in [0.2, 0.25) is 0 Å². The Morgan fingerprint density at radius 3 is 2.36 bits per heavy atom. The van der Waals surface area contributed by atoms with Crippen molar-refractivity contribution in [3.05, 3.63) is 40.9 Å². The van der Waals surface area contributed by atoms with Crippen LogP contribution in [0.5, 0.6) is 17.2 Å². The molecule has 1 aliphatic heterocycles. The van der Waals surface area contributed by atoms with E-state index in [1.165, 1.54) is 19.1 Å². The third-order valence-electron chi connectivity index (χ3n) is 3.94. The van der Waals surface area contributed by atoms with Gasteiger partial charge < -0.3 is 35.4 Å². The van der Waals surface area contributed by atoms with E-state index in [0.29, 0.717) is 24.2 Å². The van der Waals surface area contributed by atoms with E-state index in [-0.39, 0.29) is 23.0 Å². The summed E-state index contributed by atoms with van der Waals surface area (Å²) in [6, 6.07) is 2.76. The predicted molar refractivity (Wildman–Crippen MR) is 93.0 cm³/mol. The van der Waals surface area contributed by atoms with Gasteiger partial charge in [-0.15, -0.1) is 0 Å². The van der Waals surface area contributed by atoms with Crippen molar-refractivity contribution >= 4 is 0 Å². The lowest BCUT2D eigenvalue weighted by atomic mass is 10.0. The number of phenols is 2. The Morgan fingerprint density at radius 1 is 1.24 bits per heavy atom. The van der Waals surface area contributed by atoms with E-state index >= 15 is 0 Å². The van der Waals surface area contributed by atoms with Gasteiger partial charge in [0.1, 0.15) is 35.7 Å². The zero-order valence-corrected chi connectivity index (χ0v) is 14.6. The van der Waals surface area contributed by atoms with E-state index in [2.05, 4.69) is 0 Å². The Hall–Kier alpha value is -2.38. The van der Waals surface area contributed by atoms with Gasteiger partial charge in [0.25, 0.3) is 0 Å². The first-order valence-corrected chi connectivity index (χ1v) is 7.92. The summed E-state index contributed by atoms with van der Waals surface area (Å²) < 4.78 is 5.75. The number of phenolic OH excluding ortho intramolecular Hbond substituents is 2. The smallest absolute Gasteiger partial charge is 0.155 e. The van der Waals surface area contributed by atoms with Crippen LogP contribution >= 0.6 is 0 Å². The van der Waals surface area contributed by atoms with Crippen LogP contribution in [0, 0.1) is 0 Å². The van der Waals surface area contributed by atoms with Crippen molar-refractivity contribution in [3.8, 4) is 17.2 Å². The second-order valence-electron chi connectivity index (χ2n) is 5.81. The van der Waals surface area contributed by atoms with Gasteiger partial charge in [-0.25, -0.2) is 0 Å². The largest absolute Gasteiger partial charge is 0.509 e. The fraction of sp³-hybridized carbons (Fsp3) is 0.444. The van der Waals surface area contributed by atoms with Gasteiger partial charge in [-0.05, 0) is 39.2 Å². The molecule has 0 radical (unpaired) electrons. The van der Waals surface area contributed by atoms with Crippen LogP contribution in [0.3, 0.4) is 0 Å². The monoisotopic (exact) mass is 354 g/mol. The normalized spacial score (nSPS) is 21.1. The number of aromatic hydroxyl groups is 2. The fourth-order valence-corrected chi connectivity index (χ4v) is 2.31. The fourth-order valence-electron chi connectivity index (χ4n) is 2.31. The molecule has 25 heavy (non-hydrogen) atoms. The topological polar surface area (TPSA) is 131 Å². The van der Waals surface area contributed by atoms with Crippen LogP contribution in [0.4, 0.5) is 0 Å². The summed E-state index contributed by atoms with van der Waals surface area (Å²) in [5.74, 6) is -0.201. The van der Waals surface area contributed by atoms with Crippen molar-refractivity contribution in [1.29, 1.82) is 0 Å². The van der Waals surface area contributed by atoms with Crippen molar-refractivity contribution in [1.82, 2.24) is 0 Å². The van der Waals surface area contributed by atoms with Crippen molar-refractivity contribution < 1.29 is 35.4 Å². The van der Waals surface area contributed by atoms with Gasteiger partial charge in [0, 0.05) is 17.7 Å². The van der Waals surface area contributed by atoms with Crippen molar-refractivity contribution in [2.45, 2.75) is 45.8 Å². The van der Waals surface area contributed by atoms with Gasteiger partial charge in [0.05, 0.1) is 6.10 Å². The van der Waals surface area contributed by atoms with Crippen LogP contribution in [-0.2, 0) is 6.42 Å². The molecule has 0 amide bonds. The maximum atomic E-state index is 10.1. The first-order chi connectivity index (χ1) is 11.7. The second-order valence-corrected chi connectivity index (χ2v) is 5.81. The average Bonchev–Trinajstić information content (AvgIpc) is 2.73. The molecule has 1 heterocycles. The maximum Gasteiger partial charge on any atom is 0.155 e. The molecule has 1 aliphatic rings. The van der Waals surface area contributed by atoms with Crippen molar-refractivity contribution in [3.63, 3.8) is 0 Å². The van der Waals surface area contributed by atoms with Gasteiger partial charge in [-0.3, -0.25) is 0 Å². The summed E-state index contributed by atoms with van der Waals surface area (Å²) >= 11 is 0. The zero-order valence-electron chi connectivity index (χ0n) is 14.6. The molecule has 0 saturated carbocycles. The predicted octanol–water partition coefficient (Wildman–Crippen LogP) is 2.44. The number of aliphatic hydroxyl groups is 4. The molecule has 7 nitrogen and oxygen atoms in total. The number of hydrogen-bond acceptors (Lipinski definition) is 7. The minimum absolute atomic E-state index is 0.0102. The molecule has 0 fully saturated rings. The molecule has 1 aromatic rings. The van der Waals surface area contributed by atoms with Crippen LogP contribution in [-0.4, -0.2) is 49.5 Å². The van der Waals surface area contributed by atoms with Crippen LogP contribution < -0.4 is 4.74 Å². The summed E-state index contributed by atoms with van der Waals surface area (Å²) in [6.07, 6.45) is 1.88. The number of allylic oxidation sites excluding steroid dienone is 2. The minimum Gasteiger partial charge on any atom is -0.509 e. The van der Waals surface area contributed by atoms with Crippen LogP contribution in [0.2, 0.25) is 0 Å². The minimum atomic E-state index is -0.616. The lowest BCUT2D eigenvalue weighted by molar-refractivity contribution is 0.0585. The third-order valence-corrected chi connectivity index (χ3v) is 3.94. The Morgan fingerprint density at radius 2 is 1.88 bits per heavy atom. The quantitative estimate of drug-likeness (QED) is 0.355. The van der Waals surface area contributed by atoms with Crippen molar-refractivity contribution in [2.75, 3.05) is 6.61 Å². The first kappa shape index (κ1) is 20.7. The Kier molecular flexibility index (Phi) is 7.60.